The number of carbonyl (C=O) groups is 2. The molecule has 0 aromatic rings. The smallest absolute Gasteiger partial charge is 0.308 e. The van der Waals surface area contributed by atoms with Gasteiger partial charge in [0.05, 0.1) is 5.92 Å². The maximum Gasteiger partial charge on any atom is 0.308 e. The summed E-state index contributed by atoms with van der Waals surface area (Å²) in [5, 5.41) is 8.88. The molecule has 0 aromatic heterocycles. The van der Waals surface area contributed by atoms with Crippen LogP contribution in [-0.4, -0.2) is 35.0 Å². The van der Waals surface area contributed by atoms with E-state index in [0.29, 0.717) is 12.5 Å². The fraction of sp³-hybridized carbons (Fsp3) is 0.833. The van der Waals surface area contributed by atoms with Gasteiger partial charge in [0.1, 0.15) is 0 Å². The van der Waals surface area contributed by atoms with Crippen molar-refractivity contribution in [3.05, 3.63) is 0 Å². The largest absolute Gasteiger partial charge is 0.481 e. The average molecular weight is 225 g/mol. The molecule has 2 aliphatic rings. The number of likely N-dealkylation sites (tertiary alicyclic amines) is 1. The van der Waals surface area contributed by atoms with E-state index in [9.17, 15) is 9.59 Å². The van der Waals surface area contributed by atoms with E-state index >= 15 is 0 Å². The van der Waals surface area contributed by atoms with Crippen molar-refractivity contribution in [1.82, 2.24) is 4.90 Å². The highest BCUT2D eigenvalue weighted by Gasteiger charge is 2.35. The molecule has 2 rings (SSSR count). The molecule has 1 heterocycles. The SMILES string of the molecule is O=C(O)[C@H]1CC(=O)N(CC2CCCCC2)C1. The predicted octanol–water partition coefficient (Wildman–Crippen LogP) is 1.50. The van der Waals surface area contributed by atoms with Crippen LogP contribution >= 0.6 is 0 Å². The van der Waals surface area contributed by atoms with Crippen LogP contribution in [0.15, 0.2) is 0 Å². The Labute approximate surface area is 95.6 Å². The number of nitrogens with zero attached hydrogens (tertiary/aromatic N) is 1. The van der Waals surface area contributed by atoms with Crippen molar-refractivity contribution in [3.8, 4) is 0 Å². The van der Waals surface area contributed by atoms with E-state index in [1.54, 1.807) is 4.90 Å². The van der Waals surface area contributed by atoms with Gasteiger partial charge in [0, 0.05) is 19.5 Å². The molecule has 4 heteroatoms. The van der Waals surface area contributed by atoms with E-state index < -0.39 is 11.9 Å². The lowest BCUT2D eigenvalue weighted by atomic mass is 9.89. The summed E-state index contributed by atoms with van der Waals surface area (Å²) in [6, 6.07) is 0. The molecule has 1 N–H and O–H groups in total. The molecule has 0 aromatic carbocycles. The van der Waals surface area contributed by atoms with Gasteiger partial charge in [0.2, 0.25) is 5.91 Å². The Kier molecular flexibility index (Phi) is 3.46. The average Bonchev–Trinajstić information content (AvgIpc) is 2.62. The van der Waals surface area contributed by atoms with Gasteiger partial charge in [0.25, 0.3) is 0 Å². The normalized spacial score (nSPS) is 27.4. The minimum Gasteiger partial charge on any atom is -0.481 e. The molecule has 0 unspecified atom stereocenters. The van der Waals surface area contributed by atoms with Crippen LogP contribution in [0.2, 0.25) is 0 Å². The van der Waals surface area contributed by atoms with Crippen LogP contribution in [0.5, 0.6) is 0 Å². The summed E-state index contributed by atoms with van der Waals surface area (Å²) in [5.41, 5.74) is 0. The summed E-state index contributed by atoms with van der Waals surface area (Å²) in [6.07, 6.45) is 6.41. The fourth-order valence-electron chi connectivity index (χ4n) is 2.80. The van der Waals surface area contributed by atoms with E-state index in [1.165, 1.54) is 32.1 Å². The predicted molar refractivity (Wildman–Crippen MR) is 58.9 cm³/mol. The third-order valence-corrected chi connectivity index (χ3v) is 3.77. The lowest BCUT2D eigenvalue weighted by Gasteiger charge is -2.26. The summed E-state index contributed by atoms with van der Waals surface area (Å²) in [6.45, 7) is 1.20. The molecule has 16 heavy (non-hydrogen) atoms. The molecule has 4 nitrogen and oxygen atoms in total. The number of hydrogen-bond acceptors (Lipinski definition) is 2. The first-order valence-electron chi connectivity index (χ1n) is 6.17. The molecule has 1 saturated carbocycles. The van der Waals surface area contributed by atoms with Crippen molar-refractivity contribution in [2.45, 2.75) is 38.5 Å². The zero-order valence-electron chi connectivity index (χ0n) is 9.52. The van der Waals surface area contributed by atoms with Crippen molar-refractivity contribution in [3.63, 3.8) is 0 Å². The molecule has 90 valence electrons. The summed E-state index contributed by atoms with van der Waals surface area (Å²) >= 11 is 0. The zero-order valence-corrected chi connectivity index (χ0v) is 9.52. The third kappa shape index (κ3) is 2.54. The van der Waals surface area contributed by atoms with Gasteiger partial charge in [-0.1, -0.05) is 19.3 Å². The summed E-state index contributed by atoms with van der Waals surface area (Å²) in [7, 11) is 0. The molecule has 2 fully saturated rings. The summed E-state index contributed by atoms with van der Waals surface area (Å²) in [4.78, 5) is 24.2. The molecule has 1 saturated heterocycles. The Bertz CT molecular complexity index is 284. The quantitative estimate of drug-likeness (QED) is 0.791. The number of rotatable bonds is 3. The Balaban J connectivity index is 1.85. The molecule has 0 radical (unpaired) electrons. The Morgan fingerprint density at radius 2 is 2.00 bits per heavy atom. The van der Waals surface area contributed by atoms with Crippen molar-refractivity contribution in [2.24, 2.45) is 11.8 Å². The van der Waals surface area contributed by atoms with Crippen molar-refractivity contribution >= 4 is 11.9 Å². The van der Waals surface area contributed by atoms with Gasteiger partial charge in [0.15, 0.2) is 0 Å². The Morgan fingerprint density at radius 3 is 2.56 bits per heavy atom. The third-order valence-electron chi connectivity index (χ3n) is 3.77. The molecule has 1 aliphatic carbocycles. The first kappa shape index (κ1) is 11.4. The van der Waals surface area contributed by atoms with Crippen LogP contribution in [0.3, 0.4) is 0 Å². The highest BCUT2D eigenvalue weighted by Crippen LogP contribution is 2.27. The molecule has 0 spiro atoms. The van der Waals surface area contributed by atoms with Crippen LogP contribution in [0.1, 0.15) is 38.5 Å². The molecule has 1 amide bonds. The maximum absolute atomic E-state index is 11.6. The van der Waals surface area contributed by atoms with Gasteiger partial charge in [-0.25, -0.2) is 0 Å². The number of carbonyl (C=O) groups excluding carboxylic acids is 1. The van der Waals surface area contributed by atoms with Crippen molar-refractivity contribution in [1.29, 1.82) is 0 Å². The topological polar surface area (TPSA) is 57.6 Å². The van der Waals surface area contributed by atoms with E-state index in [1.807, 2.05) is 0 Å². The zero-order chi connectivity index (χ0) is 11.5. The maximum atomic E-state index is 11.6. The standard InChI is InChI=1S/C12H19NO3/c14-11-6-10(12(15)16)8-13(11)7-9-4-2-1-3-5-9/h9-10H,1-8H2,(H,15,16)/t10-/m0/s1. The van der Waals surface area contributed by atoms with E-state index in [4.69, 9.17) is 5.11 Å². The first-order chi connectivity index (χ1) is 7.66. The molecular formula is C12H19NO3. The molecule has 1 atom stereocenters. The minimum absolute atomic E-state index is 0.0259. The number of hydrogen-bond donors (Lipinski definition) is 1. The van der Waals surface area contributed by atoms with E-state index in [0.717, 1.165) is 6.54 Å². The van der Waals surface area contributed by atoms with Gasteiger partial charge in [-0.15, -0.1) is 0 Å². The number of aliphatic carboxylic acids is 1. The lowest BCUT2D eigenvalue weighted by Crippen LogP contribution is -2.32. The molecule has 0 bridgehead atoms. The van der Waals surface area contributed by atoms with Crippen molar-refractivity contribution < 1.29 is 14.7 Å². The number of carboxylic acid groups (broad SMARTS) is 1. The lowest BCUT2D eigenvalue weighted by molar-refractivity contribution is -0.141. The van der Waals surface area contributed by atoms with Crippen LogP contribution in [0.25, 0.3) is 0 Å². The minimum atomic E-state index is -0.834. The van der Waals surface area contributed by atoms with Gasteiger partial charge in [-0.2, -0.15) is 0 Å². The second-order valence-electron chi connectivity index (χ2n) is 5.04. The highest BCUT2D eigenvalue weighted by molar-refractivity contribution is 5.86. The number of carboxylic acids is 1. The van der Waals surface area contributed by atoms with Gasteiger partial charge < -0.3 is 10.0 Å². The van der Waals surface area contributed by atoms with Gasteiger partial charge in [-0.3, -0.25) is 9.59 Å². The van der Waals surface area contributed by atoms with Crippen LogP contribution < -0.4 is 0 Å². The summed E-state index contributed by atoms with van der Waals surface area (Å²) < 4.78 is 0. The van der Waals surface area contributed by atoms with Crippen LogP contribution in [0, 0.1) is 11.8 Å². The molecule has 1 aliphatic heterocycles. The Morgan fingerprint density at radius 1 is 1.31 bits per heavy atom. The van der Waals surface area contributed by atoms with Gasteiger partial charge >= 0.3 is 5.97 Å². The van der Waals surface area contributed by atoms with Gasteiger partial charge in [-0.05, 0) is 18.8 Å². The Hall–Kier alpha value is -1.06. The second-order valence-corrected chi connectivity index (χ2v) is 5.04. The fourth-order valence-corrected chi connectivity index (χ4v) is 2.80. The second kappa shape index (κ2) is 4.85. The van der Waals surface area contributed by atoms with Crippen molar-refractivity contribution in [2.75, 3.05) is 13.1 Å². The first-order valence-corrected chi connectivity index (χ1v) is 6.17. The van der Waals surface area contributed by atoms with E-state index in [2.05, 4.69) is 0 Å². The summed E-state index contributed by atoms with van der Waals surface area (Å²) in [5.74, 6) is -0.682. The highest BCUT2D eigenvalue weighted by atomic mass is 16.4. The van der Waals surface area contributed by atoms with Crippen LogP contribution in [0.4, 0.5) is 0 Å². The monoisotopic (exact) mass is 225 g/mol. The molecular weight excluding hydrogens is 206 g/mol. The number of amides is 1. The van der Waals surface area contributed by atoms with E-state index in [-0.39, 0.29) is 12.3 Å². The van der Waals surface area contributed by atoms with Crippen LogP contribution in [-0.2, 0) is 9.59 Å².